The first-order valence-corrected chi connectivity index (χ1v) is 9.74. The Labute approximate surface area is 157 Å². The van der Waals surface area contributed by atoms with Gasteiger partial charge in [-0.1, -0.05) is 6.07 Å². The number of pyridine rings is 1. The predicted octanol–water partition coefficient (Wildman–Crippen LogP) is 0.984. The number of morpholine rings is 1. The lowest BCUT2D eigenvalue weighted by atomic mass is 10.1. The van der Waals surface area contributed by atoms with Crippen molar-refractivity contribution < 1.29 is 9.53 Å². The van der Waals surface area contributed by atoms with Crippen LogP contribution in [0.3, 0.4) is 0 Å². The number of nitrogens with one attached hydrogen (secondary N) is 1. The number of ether oxygens (including phenoxy) is 1. The van der Waals surface area contributed by atoms with Gasteiger partial charge in [0.2, 0.25) is 0 Å². The summed E-state index contributed by atoms with van der Waals surface area (Å²) in [6, 6.07) is 5.86. The maximum atomic E-state index is 12.8. The molecule has 7 heteroatoms. The molecule has 1 N–H and O–H groups in total. The highest BCUT2D eigenvalue weighted by atomic mass is 16.5. The van der Waals surface area contributed by atoms with Crippen molar-refractivity contribution >= 4 is 11.6 Å². The van der Waals surface area contributed by atoms with E-state index in [1.807, 2.05) is 19.1 Å². The van der Waals surface area contributed by atoms with E-state index >= 15 is 0 Å². The maximum Gasteiger partial charge on any atom is 0.270 e. The summed E-state index contributed by atoms with van der Waals surface area (Å²) in [6.45, 7) is 4.36. The number of nitrogens with zero attached hydrogens (tertiary/aromatic N) is 3. The molecule has 2 saturated heterocycles. The Morgan fingerprint density at radius 1 is 1.30 bits per heavy atom. The van der Waals surface area contributed by atoms with E-state index in [1.54, 1.807) is 6.07 Å². The van der Waals surface area contributed by atoms with Crippen LogP contribution >= 0.6 is 0 Å². The first kappa shape index (κ1) is 16.9. The minimum Gasteiger partial charge on any atom is -0.375 e. The molecule has 5 rings (SSSR count). The normalized spacial score (nSPS) is 28.3. The van der Waals surface area contributed by atoms with Crippen molar-refractivity contribution in [3.05, 3.63) is 46.0 Å². The van der Waals surface area contributed by atoms with Crippen molar-refractivity contribution in [3.8, 4) is 0 Å². The Hall–Kier alpha value is -2.25. The van der Waals surface area contributed by atoms with Crippen molar-refractivity contribution in [3.63, 3.8) is 0 Å². The first-order chi connectivity index (χ1) is 13.1. The molecule has 0 spiro atoms. The Bertz CT molecular complexity index is 952. The van der Waals surface area contributed by atoms with Gasteiger partial charge >= 0.3 is 0 Å². The third-order valence-corrected chi connectivity index (χ3v) is 6.10. The number of fused-ring (bicyclic) bond motifs is 2. The molecule has 0 aromatic carbocycles. The van der Waals surface area contributed by atoms with Gasteiger partial charge in [0.1, 0.15) is 11.2 Å². The summed E-state index contributed by atoms with van der Waals surface area (Å²) >= 11 is 0. The minimum absolute atomic E-state index is 0.0426. The van der Waals surface area contributed by atoms with Crippen LogP contribution in [0.2, 0.25) is 0 Å². The Kier molecular flexibility index (Phi) is 4.02. The van der Waals surface area contributed by atoms with Gasteiger partial charge in [-0.05, 0) is 44.2 Å². The van der Waals surface area contributed by atoms with Gasteiger partial charge < -0.3 is 10.1 Å². The van der Waals surface area contributed by atoms with Gasteiger partial charge in [-0.15, -0.1) is 0 Å². The SMILES string of the molecule is Cc1cccc2ncc(C(=O)N[C@@H]3C[C@H]4CO[C@@H](C5CC5)CN4C3)c(=O)n12. The van der Waals surface area contributed by atoms with Crippen LogP contribution in [0.1, 0.15) is 35.3 Å². The average molecular weight is 368 g/mol. The number of aromatic nitrogens is 2. The average Bonchev–Trinajstić information content (AvgIpc) is 3.42. The number of hydrogen-bond donors (Lipinski definition) is 1. The highest BCUT2D eigenvalue weighted by molar-refractivity contribution is 5.94. The van der Waals surface area contributed by atoms with E-state index in [2.05, 4.69) is 15.2 Å². The molecule has 4 heterocycles. The summed E-state index contributed by atoms with van der Waals surface area (Å²) in [5.41, 5.74) is 1.10. The molecule has 2 aromatic heterocycles. The van der Waals surface area contributed by atoms with Gasteiger partial charge in [-0.25, -0.2) is 4.98 Å². The molecule has 1 amide bonds. The van der Waals surface area contributed by atoms with Gasteiger partial charge in [0.15, 0.2) is 0 Å². The number of aryl methyl sites for hydroxylation is 1. The second-order valence-corrected chi connectivity index (χ2v) is 8.06. The predicted molar refractivity (Wildman–Crippen MR) is 99.9 cm³/mol. The summed E-state index contributed by atoms with van der Waals surface area (Å²) in [6.07, 6.45) is 5.17. The van der Waals surface area contributed by atoms with E-state index in [1.165, 1.54) is 23.4 Å². The number of carbonyl (C=O) groups is 1. The molecule has 0 unspecified atom stereocenters. The molecule has 7 nitrogen and oxygen atoms in total. The molecule has 3 atom stereocenters. The van der Waals surface area contributed by atoms with Gasteiger partial charge in [-0.2, -0.15) is 0 Å². The first-order valence-electron chi connectivity index (χ1n) is 9.74. The van der Waals surface area contributed by atoms with E-state index in [9.17, 15) is 9.59 Å². The number of amides is 1. The van der Waals surface area contributed by atoms with Crippen molar-refractivity contribution in [2.24, 2.45) is 5.92 Å². The van der Waals surface area contributed by atoms with Crippen LogP contribution in [-0.2, 0) is 4.74 Å². The number of rotatable bonds is 3. The lowest BCUT2D eigenvalue weighted by Crippen LogP contribution is -2.47. The maximum absolute atomic E-state index is 12.8. The molecule has 3 aliphatic rings. The molecule has 2 aromatic rings. The molecular formula is C20H24N4O3. The summed E-state index contributed by atoms with van der Waals surface area (Å²) in [5, 5.41) is 3.05. The standard InChI is InChI=1S/C20H24N4O3/c1-12-3-2-4-18-21-8-16(20(26)24(12)18)19(25)22-14-7-15-11-27-17(13-5-6-13)10-23(15)9-14/h2-4,8,13-15,17H,5-7,9-11H2,1H3,(H,22,25)/t14-,15+,17-/m1/s1. The summed E-state index contributed by atoms with van der Waals surface area (Å²) in [7, 11) is 0. The van der Waals surface area contributed by atoms with Crippen LogP contribution in [0.25, 0.3) is 5.65 Å². The highest BCUT2D eigenvalue weighted by Crippen LogP contribution is 2.37. The fraction of sp³-hybridized carbons (Fsp3) is 0.550. The molecule has 1 aliphatic carbocycles. The van der Waals surface area contributed by atoms with Crippen molar-refractivity contribution in [1.29, 1.82) is 0 Å². The van der Waals surface area contributed by atoms with Crippen LogP contribution < -0.4 is 10.9 Å². The lowest BCUT2D eigenvalue weighted by Gasteiger charge is -2.35. The molecule has 142 valence electrons. The topological polar surface area (TPSA) is 75.9 Å². The van der Waals surface area contributed by atoms with E-state index in [0.29, 0.717) is 17.8 Å². The van der Waals surface area contributed by atoms with E-state index < -0.39 is 0 Å². The summed E-state index contributed by atoms with van der Waals surface area (Å²) in [5.74, 6) is 0.390. The molecule has 0 bridgehead atoms. The minimum atomic E-state index is -0.338. The van der Waals surface area contributed by atoms with Crippen molar-refractivity contribution in [2.45, 2.75) is 44.4 Å². The lowest BCUT2D eigenvalue weighted by molar-refractivity contribution is -0.0581. The number of hydrogen-bond acceptors (Lipinski definition) is 5. The molecule has 1 saturated carbocycles. The molecule has 27 heavy (non-hydrogen) atoms. The van der Waals surface area contributed by atoms with Crippen LogP contribution in [0.15, 0.2) is 29.2 Å². The molecular weight excluding hydrogens is 344 g/mol. The third kappa shape index (κ3) is 3.04. The van der Waals surface area contributed by atoms with E-state index in [-0.39, 0.29) is 23.1 Å². The Balaban J connectivity index is 1.31. The van der Waals surface area contributed by atoms with Crippen LogP contribution in [-0.4, -0.2) is 58.1 Å². The smallest absolute Gasteiger partial charge is 0.270 e. The summed E-state index contributed by atoms with van der Waals surface area (Å²) < 4.78 is 7.50. The second-order valence-electron chi connectivity index (χ2n) is 8.06. The van der Waals surface area contributed by atoms with Gasteiger partial charge in [0.25, 0.3) is 11.5 Å². The largest absolute Gasteiger partial charge is 0.375 e. The molecule has 0 radical (unpaired) electrons. The van der Waals surface area contributed by atoms with Gasteiger partial charge in [-0.3, -0.25) is 18.9 Å². The number of carbonyl (C=O) groups excluding carboxylic acids is 1. The molecule has 3 fully saturated rings. The Morgan fingerprint density at radius 3 is 2.96 bits per heavy atom. The van der Waals surface area contributed by atoms with Crippen molar-refractivity contribution in [2.75, 3.05) is 19.7 Å². The van der Waals surface area contributed by atoms with Crippen LogP contribution in [0.5, 0.6) is 0 Å². The third-order valence-electron chi connectivity index (χ3n) is 6.10. The quantitative estimate of drug-likeness (QED) is 0.874. The summed E-state index contributed by atoms with van der Waals surface area (Å²) in [4.78, 5) is 32.2. The van der Waals surface area contributed by atoms with Crippen molar-refractivity contribution in [1.82, 2.24) is 19.6 Å². The zero-order valence-corrected chi connectivity index (χ0v) is 15.4. The van der Waals surface area contributed by atoms with Gasteiger partial charge in [0.05, 0.1) is 12.7 Å². The zero-order valence-electron chi connectivity index (χ0n) is 15.4. The van der Waals surface area contributed by atoms with Crippen LogP contribution in [0, 0.1) is 12.8 Å². The monoisotopic (exact) mass is 368 g/mol. The highest BCUT2D eigenvalue weighted by Gasteiger charge is 2.42. The fourth-order valence-corrected chi connectivity index (χ4v) is 4.45. The van der Waals surface area contributed by atoms with E-state index in [0.717, 1.165) is 37.7 Å². The Morgan fingerprint density at radius 2 is 2.15 bits per heavy atom. The molecule has 2 aliphatic heterocycles. The zero-order chi connectivity index (χ0) is 18.5. The second kappa shape index (κ2) is 6.42. The van der Waals surface area contributed by atoms with Crippen LogP contribution in [0.4, 0.5) is 0 Å². The fourth-order valence-electron chi connectivity index (χ4n) is 4.45. The van der Waals surface area contributed by atoms with Gasteiger partial charge in [0, 0.05) is 37.1 Å². The van der Waals surface area contributed by atoms with E-state index in [4.69, 9.17) is 4.74 Å².